The van der Waals surface area contributed by atoms with Crippen LogP contribution in [-0.4, -0.2) is 22.4 Å². The molecule has 0 bridgehead atoms. The highest BCUT2D eigenvalue weighted by atomic mass is 35.5. The molecule has 0 unspecified atom stereocenters. The Morgan fingerprint density at radius 2 is 1.76 bits per heavy atom. The van der Waals surface area contributed by atoms with Crippen molar-refractivity contribution in [3.63, 3.8) is 0 Å². The summed E-state index contributed by atoms with van der Waals surface area (Å²) < 4.78 is 5.11. The van der Waals surface area contributed by atoms with Crippen molar-refractivity contribution in [3.05, 3.63) is 53.6 Å². The van der Waals surface area contributed by atoms with Gasteiger partial charge in [0.25, 0.3) is 0 Å². The van der Waals surface area contributed by atoms with E-state index in [-0.39, 0.29) is 5.75 Å². The van der Waals surface area contributed by atoms with Crippen molar-refractivity contribution in [2.45, 2.75) is 0 Å². The normalized spacial score (nSPS) is 10.6. The molecule has 0 radical (unpaired) electrons. The fourth-order valence-electron chi connectivity index (χ4n) is 2.08. The van der Waals surface area contributed by atoms with Gasteiger partial charge in [-0.1, -0.05) is 23.7 Å². The van der Waals surface area contributed by atoms with Crippen LogP contribution in [0.1, 0.15) is 0 Å². The highest BCUT2D eigenvalue weighted by Crippen LogP contribution is 2.32. The summed E-state index contributed by atoms with van der Waals surface area (Å²) in [4.78, 5) is 0. The van der Waals surface area contributed by atoms with Gasteiger partial charge in [0, 0.05) is 10.6 Å². The molecule has 21 heavy (non-hydrogen) atoms. The van der Waals surface area contributed by atoms with Gasteiger partial charge in [0.15, 0.2) is 11.5 Å². The van der Waals surface area contributed by atoms with E-state index in [9.17, 15) is 5.11 Å². The summed E-state index contributed by atoms with van der Waals surface area (Å²) in [5.41, 5.74) is 3.54. The van der Waals surface area contributed by atoms with Gasteiger partial charge in [-0.3, -0.25) is 5.10 Å². The monoisotopic (exact) mass is 300 g/mol. The third kappa shape index (κ3) is 2.71. The van der Waals surface area contributed by atoms with Crippen molar-refractivity contribution in [1.29, 1.82) is 0 Å². The molecular weight excluding hydrogens is 288 g/mol. The fourth-order valence-corrected chi connectivity index (χ4v) is 2.21. The second kappa shape index (κ2) is 5.50. The van der Waals surface area contributed by atoms with Gasteiger partial charge in [0.05, 0.1) is 18.5 Å². The van der Waals surface area contributed by atoms with Gasteiger partial charge >= 0.3 is 0 Å². The van der Waals surface area contributed by atoms with Gasteiger partial charge in [0.2, 0.25) is 0 Å². The Labute approximate surface area is 127 Å². The van der Waals surface area contributed by atoms with Crippen LogP contribution in [0.25, 0.3) is 22.5 Å². The molecule has 0 spiro atoms. The van der Waals surface area contributed by atoms with Crippen LogP contribution in [-0.2, 0) is 0 Å². The van der Waals surface area contributed by atoms with Crippen LogP contribution in [0.3, 0.4) is 0 Å². The second-order valence-electron chi connectivity index (χ2n) is 4.56. The highest BCUT2D eigenvalue weighted by Gasteiger charge is 2.09. The Bertz CT molecular complexity index is 766. The zero-order valence-electron chi connectivity index (χ0n) is 11.3. The van der Waals surface area contributed by atoms with E-state index in [4.69, 9.17) is 16.3 Å². The number of methoxy groups -OCH3 is 1. The lowest BCUT2D eigenvalue weighted by Gasteiger charge is -2.04. The van der Waals surface area contributed by atoms with E-state index < -0.39 is 0 Å². The fraction of sp³-hybridized carbons (Fsp3) is 0.0625. The summed E-state index contributed by atoms with van der Waals surface area (Å²) >= 11 is 5.89. The summed E-state index contributed by atoms with van der Waals surface area (Å²) in [6.45, 7) is 0. The molecule has 0 aliphatic rings. The van der Waals surface area contributed by atoms with E-state index in [2.05, 4.69) is 10.2 Å². The molecule has 0 amide bonds. The first kappa shape index (κ1) is 13.5. The molecule has 3 rings (SSSR count). The number of hydrogen-bond donors (Lipinski definition) is 2. The largest absolute Gasteiger partial charge is 0.504 e. The molecule has 1 aromatic heterocycles. The third-order valence-electron chi connectivity index (χ3n) is 3.21. The number of aromatic nitrogens is 2. The molecule has 0 aliphatic carbocycles. The minimum Gasteiger partial charge on any atom is -0.504 e. The lowest BCUT2D eigenvalue weighted by molar-refractivity contribution is 0.373. The van der Waals surface area contributed by atoms with Crippen molar-refractivity contribution < 1.29 is 9.84 Å². The smallest absolute Gasteiger partial charge is 0.161 e. The van der Waals surface area contributed by atoms with Crippen LogP contribution < -0.4 is 4.74 Å². The Kier molecular flexibility index (Phi) is 3.54. The number of benzene rings is 2. The number of hydrogen-bond acceptors (Lipinski definition) is 3. The van der Waals surface area contributed by atoms with E-state index in [1.54, 1.807) is 18.2 Å². The van der Waals surface area contributed by atoms with Crippen LogP contribution in [0.5, 0.6) is 11.5 Å². The number of halogens is 1. The zero-order chi connectivity index (χ0) is 14.8. The van der Waals surface area contributed by atoms with Crippen LogP contribution in [0.15, 0.2) is 48.5 Å². The number of nitrogens with zero attached hydrogens (tertiary/aromatic N) is 1. The number of rotatable bonds is 3. The Hall–Kier alpha value is -2.46. The topological polar surface area (TPSA) is 58.1 Å². The second-order valence-corrected chi connectivity index (χ2v) is 5.00. The predicted molar refractivity (Wildman–Crippen MR) is 82.7 cm³/mol. The van der Waals surface area contributed by atoms with Gasteiger partial charge < -0.3 is 9.84 Å². The van der Waals surface area contributed by atoms with Crippen molar-refractivity contribution in [2.75, 3.05) is 7.11 Å². The van der Waals surface area contributed by atoms with E-state index in [0.717, 1.165) is 22.5 Å². The molecule has 0 aliphatic heterocycles. The minimum atomic E-state index is 0.106. The molecule has 0 atom stereocenters. The maximum atomic E-state index is 9.63. The van der Waals surface area contributed by atoms with E-state index in [0.29, 0.717) is 10.8 Å². The molecule has 0 saturated heterocycles. The molecule has 3 aromatic rings. The van der Waals surface area contributed by atoms with Gasteiger partial charge in [-0.25, -0.2) is 0 Å². The summed E-state index contributed by atoms with van der Waals surface area (Å²) in [6.07, 6.45) is 0. The molecule has 2 aromatic carbocycles. The van der Waals surface area contributed by atoms with Crippen molar-refractivity contribution >= 4 is 11.6 Å². The lowest BCUT2D eigenvalue weighted by atomic mass is 10.1. The number of phenols is 1. The summed E-state index contributed by atoms with van der Waals surface area (Å²) in [7, 11) is 1.52. The Morgan fingerprint density at radius 3 is 2.48 bits per heavy atom. The van der Waals surface area contributed by atoms with Crippen LogP contribution >= 0.6 is 11.6 Å². The van der Waals surface area contributed by atoms with Crippen LogP contribution in [0.4, 0.5) is 0 Å². The summed E-state index contributed by atoms with van der Waals surface area (Å²) in [6, 6.07) is 14.6. The molecule has 5 heteroatoms. The Balaban J connectivity index is 1.96. The number of H-pyrrole nitrogens is 1. The number of ether oxygens (including phenoxy) is 1. The molecular formula is C16H13ClN2O2. The Morgan fingerprint density at radius 1 is 1.05 bits per heavy atom. The maximum absolute atomic E-state index is 9.63. The van der Waals surface area contributed by atoms with E-state index in [1.165, 1.54) is 7.11 Å². The first-order valence-corrected chi connectivity index (χ1v) is 6.74. The van der Waals surface area contributed by atoms with Crippen LogP contribution in [0.2, 0.25) is 5.02 Å². The molecule has 106 valence electrons. The molecule has 0 saturated carbocycles. The van der Waals surface area contributed by atoms with Gasteiger partial charge in [-0.2, -0.15) is 5.10 Å². The first-order valence-electron chi connectivity index (χ1n) is 6.36. The molecule has 1 heterocycles. The summed E-state index contributed by atoms with van der Waals surface area (Å²) in [5.74, 6) is 0.526. The van der Waals surface area contributed by atoms with Crippen molar-refractivity contribution in [1.82, 2.24) is 10.2 Å². The molecule has 2 N–H and O–H groups in total. The highest BCUT2D eigenvalue weighted by molar-refractivity contribution is 6.30. The molecule has 4 nitrogen and oxygen atoms in total. The molecule has 0 fully saturated rings. The summed E-state index contributed by atoms with van der Waals surface area (Å²) in [5, 5.41) is 17.6. The minimum absolute atomic E-state index is 0.106. The average Bonchev–Trinajstić information content (AvgIpc) is 2.98. The number of phenolic OH excluding ortho intramolecular Hbond substituents is 1. The number of nitrogens with one attached hydrogen (secondary N) is 1. The predicted octanol–water partition coefficient (Wildman–Crippen LogP) is 4.11. The quantitative estimate of drug-likeness (QED) is 0.765. The average molecular weight is 301 g/mol. The van der Waals surface area contributed by atoms with Gasteiger partial charge in [0.1, 0.15) is 0 Å². The van der Waals surface area contributed by atoms with Gasteiger partial charge in [-0.05, 0) is 42.0 Å². The van der Waals surface area contributed by atoms with Crippen molar-refractivity contribution in [3.8, 4) is 34.0 Å². The van der Waals surface area contributed by atoms with Gasteiger partial charge in [-0.15, -0.1) is 0 Å². The lowest BCUT2D eigenvalue weighted by Crippen LogP contribution is -1.85. The zero-order valence-corrected chi connectivity index (χ0v) is 12.1. The van der Waals surface area contributed by atoms with Crippen molar-refractivity contribution in [2.24, 2.45) is 0 Å². The van der Waals surface area contributed by atoms with E-state index >= 15 is 0 Å². The van der Waals surface area contributed by atoms with E-state index in [1.807, 2.05) is 30.3 Å². The SMILES string of the molecule is COc1cc(-c2cc(-c3ccc(Cl)cc3)[nH]n2)ccc1O. The third-order valence-corrected chi connectivity index (χ3v) is 3.46. The number of aromatic amines is 1. The maximum Gasteiger partial charge on any atom is 0.161 e. The standard InChI is InChI=1S/C16H13ClN2O2/c1-21-16-8-11(4-7-15(16)20)14-9-13(18-19-14)10-2-5-12(17)6-3-10/h2-9,20H,1H3,(H,18,19). The van der Waals surface area contributed by atoms with Crippen LogP contribution in [0, 0.1) is 0 Å². The first-order chi connectivity index (χ1) is 10.2. The number of aromatic hydroxyl groups is 1.